The fourth-order valence-corrected chi connectivity index (χ4v) is 3.52. The van der Waals surface area contributed by atoms with Crippen LogP contribution in [0.3, 0.4) is 0 Å². The van der Waals surface area contributed by atoms with Crippen LogP contribution in [0.1, 0.15) is 26.3 Å². The van der Waals surface area contributed by atoms with Crippen LogP contribution in [0.5, 0.6) is 5.75 Å². The lowest BCUT2D eigenvalue weighted by Gasteiger charge is -2.11. The van der Waals surface area contributed by atoms with Crippen LogP contribution in [0, 0.1) is 6.92 Å². The van der Waals surface area contributed by atoms with Crippen LogP contribution in [0.4, 0.5) is 0 Å². The summed E-state index contributed by atoms with van der Waals surface area (Å²) in [6, 6.07) is 21.2. The first-order chi connectivity index (χ1) is 15.5. The van der Waals surface area contributed by atoms with Crippen molar-refractivity contribution in [3.05, 3.63) is 94.5 Å². The summed E-state index contributed by atoms with van der Waals surface area (Å²) in [6.07, 6.45) is 0. The molecule has 0 unspecified atom stereocenters. The second-order valence-electron chi connectivity index (χ2n) is 7.26. The topological polar surface area (TPSA) is 65.5 Å². The summed E-state index contributed by atoms with van der Waals surface area (Å²) in [5, 5.41) is 1.28. The van der Waals surface area contributed by atoms with Crippen molar-refractivity contribution in [1.29, 1.82) is 0 Å². The molecule has 1 heterocycles. The quantitative estimate of drug-likeness (QED) is 0.272. The van der Waals surface area contributed by atoms with Crippen LogP contribution in [-0.4, -0.2) is 30.5 Å². The minimum Gasteiger partial charge on any atom is -0.497 e. The summed E-state index contributed by atoms with van der Waals surface area (Å²) in [7, 11) is 1.55. The molecule has 0 bridgehead atoms. The molecule has 4 aromatic rings. The smallest absolute Gasteiger partial charge is 0.339 e. The standard InChI is InChI=1S/C26H20ClNO4/c1-16-4-3-5-21-22(14-23(28-25(16)21)17-6-10-19(27)11-7-17)26(30)32-15-24(29)18-8-12-20(31-2)13-9-18/h3-14H,15H2,1-2H3. The van der Waals surface area contributed by atoms with Gasteiger partial charge in [-0.1, -0.05) is 41.9 Å². The van der Waals surface area contributed by atoms with Gasteiger partial charge in [0.25, 0.3) is 0 Å². The lowest BCUT2D eigenvalue weighted by atomic mass is 10.0. The number of Topliss-reactive ketones (excluding diaryl/α,β-unsaturated/α-hetero) is 1. The van der Waals surface area contributed by atoms with Crippen molar-refractivity contribution in [2.45, 2.75) is 6.92 Å². The third kappa shape index (κ3) is 4.48. The molecule has 0 atom stereocenters. The van der Waals surface area contributed by atoms with Crippen molar-refractivity contribution in [3.63, 3.8) is 0 Å². The van der Waals surface area contributed by atoms with Gasteiger partial charge < -0.3 is 9.47 Å². The van der Waals surface area contributed by atoms with Gasteiger partial charge in [0.2, 0.25) is 0 Å². The molecule has 32 heavy (non-hydrogen) atoms. The van der Waals surface area contributed by atoms with Crippen molar-refractivity contribution in [1.82, 2.24) is 4.98 Å². The van der Waals surface area contributed by atoms with Gasteiger partial charge >= 0.3 is 5.97 Å². The van der Waals surface area contributed by atoms with E-state index in [-0.39, 0.29) is 12.4 Å². The Balaban J connectivity index is 1.64. The molecule has 6 heteroatoms. The number of nitrogens with zero attached hydrogens (tertiary/aromatic N) is 1. The second-order valence-corrected chi connectivity index (χ2v) is 7.70. The first kappa shape index (κ1) is 21.5. The van der Waals surface area contributed by atoms with E-state index in [0.29, 0.717) is 38.5 Å². The molecule has 0 saturated carbocycles. The van der Waals surface area contributed by atoms with E-state index in [2.05, 4.69) is 0 Å². The van der Waals surface area contributed by atoms with Gasteiger partial charge in [-0.15, -0.1) is 0 Å². The zero-order chi connectivity index (χ0) is 22.7. The minimum absolute atomic E-state index is 0.298. The van der Waals surface area contributed by atoms with E-state index in [9.17, 15) is 9.59 Å². The van der Waals surface area contributed by atoms with Gasteiger partial charge in [-0.05, 0) is 55.0 Å². The third-order valence-electron chi connectivity index (χ3n) is 5.15. The van der Waals surface area contributed by atoms with E-state index < -0.39 is 5.97 Å². The number of ketones is 1. The molecule has 0 aliphatic carbocycles. The van der Waals surface area contributed by atoms with Crippen molar-refractivity contribution in [2.75, 3.05) is 13.7 Å². The summed E-state index contributed by atoms with van der Waals surface area (Å²) in [6.45, 7) is 1.57. The predicted octanol–water partition coefficient (Wildman–Crippen LogP) is 5.91. The molecule has 0 aliphatic heterocycles. The number of hydrogen-bond acceptors (Lipinski definition) is 5. The summed E-state index contributed by atoms with van der Waals surface area (Å²) in [5.41, 5.74) is 3.87. The maximum absolute atomic E-state index is 13.0. The Hall–Kier alpha value is -3.70. The molecular formula is C26H20ClNO4. The number of halogens is 1. The van der Waals surface area contributed by atoms with Crippen LogP contribution >= 0.6 is 11.6 Å². The van der Waals surface area contributed by atoms with Crippen LogP contribution in [0.25, 0.3) is 22.2 Å². The zero-order valence-corrected chi connectivity index (χ0v) is 18.3. The van der Waals surface area contributed by atoms with Gasteiger partial charge in [0.15, 0.2) is 12.4 Å². The molecule has 5 nitrogen and oxygen atoms in total. The second kappa shape index (κ2) is 9.20. The van der Waals surface area contributed by atoms with Crippen LogP contribution < -0.4 is 4.74 Å². The molecule has 0 saturated heterocycles. The molecule has 0 fully saturated rings. The highest BCUT2D eigenvalue weighted by atomic mass is 35.5. The lowest BCUT2D eigenvalue weighted by molar-refractivity contribution is 0.0476. The first-order valence-corrected chi connectivity index (χ1v) is 10.3. The lowest BCUT2D eigenvalue weighted by Crippen LogP contribution is -2.15. The molecule has 4 rings (SSSR count). The molecule has 1 aromatic heterocycles. The molecule has 0 aliphatic rings. The Morgan fingerprint density at radius 1 is 0.969 bits per heavy atom. The normalized spacial score (nSPS) is 10.7. The number of hydrogen-bond donors (Lipinski definition) is 0. The van der Waals surface area contributed by atoms with Gasteiger partial charge in [0.1, 0.15) is 5.75 Å². The Kier molecular flexibility index (Phi) is 6.19. The number of benzene rings is 3. The van der Waals surface area contributed by atoms with Gasteiger partial charge in [-0.25, -0.2) is 9.78 Å². The van der Waals surface area contributed by atoms with Crippen LogP contribution in [0.2, 0.25) is 5.02 Å². The van der Waals surface area contributed by atoms with Gasteiger partial charge in [-0.3, -0.25) is 4.79 Å². The number of aryl methyl sites for hydroxylation is 1. The van der Waals surface area contributed by atoms with Crippen LogP contribution in [-0.2, 0) is 4.74 Å². The van der Waals surface area contributed by atoms with Gasteiger partial charge in [0, 0.05) is 21.5 Å². The summed E-state index contributed by atoms with van der Waals surface area (Å²) in [4.78, 5) is 30.2. The summed E-state index contributed by atoms with van der Waals surface area (Å²) < 4.78 is 10.5. The number of fused-ring (bicyclic) bond motifs is 1. The summed E-state index contributed by atoms with van der Waals surface area (Å²) in [5.74, 6) is -0.236. The number of methoxy groups -OCH3 is 1. The van der Waals surface area contributed by atoms with Crippen molar-refractivity contribution in [3.8, 4) is 17.0 Å². The SMILES string of the molecule is COc1ccc(C(=O)COC(=O)c2cc(-c3ccc(Cl)cc3)nc3c(C)cccc23)cc1. The average Bonchev–Trinajstić information content (AvgIpc) is 2.82. The highest BCUT2D eigenvalue weighted by Crippen LogP contribution is 2.28. The highest BCUT2D eigenvalue weighted by molar-refractivity contribution is 6.30. The minimum atomic E-state index is -0.583. The molecule has 160 valence electrons. The number of carbonyl (C=O) groups is 2. The van der Waals surface area contributed by atoms with Crippen molar-refractivity contribution >= 4 is 34.3 Å². The Morgan fingerprint density at radius 3 is 2.38 bits per heavy atom. The number of rotatable bonds is 6. The largest absolute Gasteiger partial charge is 0.497 e. The predicted molar refractivity (Wildman–Crippen MR) is 125 cm³/mol. The number of pyridine rings is 1. The van der Waals surface area contributed by atoms with E-state index in [1.165, 1.54) is 0 Å². The Labute approximate surface area is 190 Å². The molecule has 3 aromatic carbocycles. The molecule has 0 radical (unpaired) electrons. The molecule has 0 amide bonds. The summed E-state index contributed by atoms with van der Waals surface area (Å²) >= 11 is 6.01. The number of ether oxygens (including phenoxy) is 2. The number of aromatic nitrogens is 1. The Bertz CT molecular complexity index is 1300. The Morgan fingerprint density at radius 2 is 1.69 bits per heavy atom. The molecule has 0 spiro atoms. The monoisotopic (exact) mass is 445 g/mol. The zero-order valence-electron chi connectivity index (χ0n) is 17.6. The number of para-hydroxylation sites is 1. The fraction of sp³-hybridized carbons (Fsp3) is 0.115. The fourth-order valence-electron chi connectivity index (χ4n) is 3.40. The molecule has 0 N–H and O–H groups in total. The average molecular weight is 446 g/mol. The maximum atomic E-state index is 13.0. The van der Waals surface area contributed by atoms with Gasteiger partial charge in [-0.2, -0.15) is 0 Å². The van der Waals surface area contributed by atoms with E-state index in [1.54, 1.807) is 49.6 Å². The third-order valence-corrected chi connectivity index (χ3v) is 5.40. The van der Waals surface area contributed by atoms with Crippen molar-refractivity contribution in [2.24, 2.45) is 0 Å². The molecular weight excluding hydrogens is 426 g/mol. The van der Waals surface area contributed by atoms with Crippen LogP contribution in [0.15, 0.2) is 72.8 Å². The van der Waals surface area contributed by atoms with E-state index >= 15 is 0 Å². The number of carbonyl (C=O) groups excluding carboxylic acids is 2. The van der Waals surface area contributed by atoms with E-state index in [4.69, 9.17) is 26.1 Å². The van der Waals surface area contributed by atoms with Gasteiger partial charge in [0.05, 0.1) is 23.9 Å². The number of esters is 1. The highest BCUT2D eigenvalue weighted by Gasteiger charge is 2.18. The maximum Gasteiger partial charge on any atom is 0.339 e. The van der Waals surface area contributed by atoms with E-state index in [0.717, 1.165) is 11.1 Å². The first-order valence-electron chi connectivity index (χ1n) is 9.97. The van der Waals surface area contributed by atoms with Crippen molar-refractivity contribution < 1.29 is 19.1 Å². The van der Waals surface area contributed by atoms with E-state index in [1.807, 2.05) is 37.3 Å².